The molecular weight excluding hydrogens is 620 g/mol. The van der Waals surface area contributed by atoms with E-state index in [0.717, 1.165) is 20.9 Å². The first-order chi connectivity index (χ1) is 21.9. The lowest BCUT2D eigenvalue weighted by atomic mass is 10.1. The van der Waals surface area contributed by atoms with Crippen molar-refractivity contribution >= 4 is 46.8 Å². The largest absolute Gasteiger partial charge is 0.465 e. The molecule has 0 atom stereocenters. The molecule has 4 aromatic rings. The Hall–Kier alpha value is -4.82. The Bertz CT molecular complexity index is 1410. The highest BCUT2D eigenvalue weighted by Gasteiger charge is 2.20. The maximum absolute atomic E-state index is 13.2. The Morgan fingerprint density at radius 1 is 0.644 bits per heavy atom. The van der Waals surface area contributed by atoms with Gasteiger partial charge < -0.3 is 28.7 Å². The zero-order chi connectivity index (χ0) is 32.0. The molecule has 0 unspecified atom stereocenters. The summed E-state index contributed by atoms with van der Waals surface area (Å²) in [6.07, 6.45) is 2.63. The van der Waals surface area contributed by atoms with Gasteiger partial charge in [0.1, 0.15) is 13.2 Å². The quantitative estimate of drug-likeness (QED) is 0.126. The monoisotopic (exact) mass is 652 g/mol. The smallest absolute Gasteiger partial charge is 0.410 e. The normalized spacial score (nSPS) is 10.5. The van der Waals surface area contributed by atoms with Gasteiger partial charge in [0.2, 0.25) is 0 Å². The third kappa shape index (κ3) is 10.1. The molecule has 2 aromatic carbocycles. The molecule has 0 aliphatic rings. The van der Waals surface area contributed by atoms with Crippen molar-refractivity contribution in [1.82, 2.24) is 19.8 Å². The number of carbonyl (C=O) groups is 4. The van der Waals surface area contributed by atoms with Gasteiger partial charge in [-0.3, -0.25) is 9.97 Å². The number of thiazole rings is 2. The van der Waals surface area contributed by atoms with Gasteiger partial charge >= 0.3 is 24.1 Å². The molecule has 0 radical (unpaired) electrons. The van der Waals surface area contributed by atoms with Gasteiger partial charge in [0.05, 0.1) is 46.1 Å². The molecule has 4 rings (SSSR count). The standard InChI is InChI=1S/C31H32N4O8S2/c1-40-28(36)24-8-4-22(5-9-24)16-34(30(38)42-18-26-14-32-20-44-26)12-3-13-35(31(39)43-19-27-15-33-21-45-27)17-23-6-10-25(11-7-23)29(37)41-2/h4-11,14-15,20-21H,3,12-13,16-19H2,1-2H3. The lowest BCUT2D eigenvalue weighted by molar-refractivity contribution is 0.0592. The Balaban J connectivity index is 1.44. The number of ether oxygens (including phenoxy) is 4. The summed E-state index contributed by atoms with van der Waals surface area (Å²) < 4.78 is 20.6. The number of esters is 2. The van der Waals surface area contributed by atoms with Crippen molar-refractivity contribution in [2.75, 3.05) is 27.3 Å². The second-order valence-corrected chi connectivity index (χ2v) is 11.6. The first-order valence-electron chi connectivity index (χ1n) is 13.8. The Kier molecular flexibility index (Phi) is 12.4. The highest BCUT2D eigenvalue weighted by molar-refractivity contribution is 7.09. The topological polar surface area (TPSA) is 137 Å². The van der Waals surface area contributed by atoms with E-state index in [2.05, 4.69) is 9.97 Å². The van der Waals surface area contributed by atoms with E-state index in [9.17, 15) is 19.2 Å². The minimum absolute atomic E-state index is 0.0822. The van der Waals surface area contributed by atoms with Gasteiger partial charge in [-0.25, -0.2) is 19.2 Å². The van der Waals surface area contributed by atoms with E-state index >= 15 is 0 Å². The minimum Gasteiger partial charge on any atom is -0.465 e. The number of methoxy groups -OCH3 is 2. The average molecular weight is 653 g/mol. The van der Waals surface area contributed by atoms with Gasteiger partial charge in [0.25, 0.3) is 0 Å². The van der Waals surface area contributed by atoms with Crippen molar-refractivity contribution in [2.24, 2.45) is 0 Å². The van der Waals surface area contributed by atoms with Crippen LogP contribution in [0.2, 0.25) is 0 Å². The van der Waals surface area contributed by atoms with Gasteiger partial charge in [-0.2, -0.15) is 0 Å². The summed E-state index contributed by atoms with van der Waals surface area (Å²) in [5.74, 6) is -0.908. The van der Waals surface area contributed by atoms with Gasteiger partial charge in [0.15, 0.2) is 0 Å². The summed E-state index contributed by atoms with van der Waals surface area (Å²) in [5, 5.41) is 0. The van der Waals surface area contributed by atoms with Crippen LogP contribution in [0.25, 0.3) is 0 Å². The third-order valence-corrected chi connectivity index (χ3v) is 8.02. The van der Waals surface area contributed by atoms with E-state index in [1.165, 1.54) is 36.9 Å². The minimum atomic E-state index is -0.529. The molecule has 0 aliphatic carbocycles. The predicted octanol–water partition coefficient (Wildman–Crippen LogP) is 5.54. The fraction of sp³-hybridized carbons (Fsp3) is 0.290. The van der Waals surface area contributed by atoms with Crippen molar-refractivity contribution < 1.29 is 38.1 Å². The zero-order valence-corrected chi connectivity index (χ0v) is 26.4. The molecule has 2 amide bonds. The van der Waals surface area contributed by atoms with E-state index in [1.807, 2.05) is 0 Å². The van der Waals surface area contributed by atoms with E-state index in [-0.39, 0.29) is 39.4 Å². The second kappa shape index (κ2) is 16.9. The van der Waals surface area contributed by atoms with E-state index < -0.39 is 24.1 Å². The van der Waals surface area contributed by atoms with Crippen molar-refractivity contribution in [1.29, 1.82) is 0 Å². The van der Waals surface area contributed by atoms with Gasteiger partial charge in [-0.1, -0.05) is 24.3 Å². The molecule has 0 spiro atoms. The molecule has 0 aliphatic heterocycles. The van der Waals surface area contributed by atoms with E-state index in [4.69, 9.17) is 18.9 Å². The molecule has 0 bridgehead atoms. The molecule has 0 saturated carbocycles. The van der Waals surface area contributed by atoms with Crippen LogP contribution in [0.1, 0.15) is 48.0 Å². The molecule has 2 heterocycles. The summed E-state index contributed by atoms with van der Waals surface area (Å²) >= 11 is 2.77. The van der Waals surface area contributed by atoms with Crippen LogP contribution in [-0.2, 0) is 45.3 Å². The first kappa shape index (κ1) is 33.1. The summed E-state index contributed by atoms with van der Waals surface area (Å²) in [4.78, 5) is 62.8. The maximum atomic E-state index is 13.2. The summed E-state index contributed by atoms with van der Waals surface area (Å²) in [6.45, 7) is 1.12. The SMILES string of the molecule is COC(=O)c1ccc(CN(CCCN(Cc2ccc(C(=O)OC)cc2)C(=O)OCc2cncs2)C(=O)OCc2cncs2)cc1. The van der Waals surface area contributed by atoms with Crippen LogP contribution in [0, 0.1) is 0 Å². The van der Waals surface area contributed by atoms with E-state index in [1.54, 1.807) is 81.7 Å². The number of hydrogen-bond acceptors (Lipinski definition) is 12. The molecule has 0 N–H and O–H groups in total. The summed E-state index contributed by atoms with van der Waals surface area (Å²) in [6, 6.07) is 13.5. The lowest BCUT2D eigenvalue weighted by Crippen LogP contribution is -2.36. The number of benzene rings is 2. The van der Waals surface area contributed by atoms with Crippen LogP contribution >= 0.6 is 22.7 Å². The van der Waals surface area contributed by atoms with Gasteiger partial charge in [-0.15, -0.1) is 22.7 Å². The van der Waals surface area contributed by atoms with Crippen molar-refractivity contribution in [3.8, 4) is 0 Å². The molecule has 0 fully saturated rings. The van der Waals surface area contributed by atoms with Crippen molar-refractivity contribution in [3.05, 3.63) is 104 Å². The van der Waals surface area contributed by atoms with Crippen LogP contribution in [0.3, 0.4) is 0 Å². The molecule has 236 valence electrons. The molecule has 45 heavy (non-hydrogen) atoms. The van der Waals surface area contributed by atoms with Crippen molar-refractivity contribution in [2.45, 2.75) is 32.7 Å². The van der Waals surface area contributed by atoms with Crippen LogP contribution < -0.4 is 0 Å². The fourth-order valence-corrected chi connectivity index (χ4v) is 5.18. The number of rotatable bonds is 14. The molecule has 2 aromatic heterocycles. The van der Waals surface area contributed by atoms with Crippen LogP contribution in [0.5, 0.6) is 0 Å². The maximum Gasteiger partial charge on any atom is 0.410 e. The van der Waals surface area contributed by atoms with Crippen LogP contribution in [0.4, 0.5) is 9.59 Å². The third-order valence-electron chi connectivity index (χ3n) is 6.51. The molecule has 12 nitrogen and oxygen atoms in total. The highest BCUT2D eigenvalue weighted by atomic mass is 32.1. The number of amides is 2. The summed E-state index contributed by atoms with van der Waals surface area (Å²) in [7, 11) is 2.62. The van der Waals surface area contributed by atoms with Crippen LogP contribution in [-0.4, -0.2) is 71.2 Å². The summed E-state index contributed by atoms with van der Waals surface area (Å²) in [5.41, 5.74) is 5.68. The Morgan fingerprint density at radius 2 is 1.04 bits per heavy atom. The number of nitrogens with zero attached hydrogens (tertiary/aromatic N) is 4. The zero-order valence-electron chi connectivity index (χ0n) is 24.7. The molecule has 0 saturated heterocycles. The van der Waals surface area contributed by atoms with Gasteiger partial charge in [0, 0.05) is 38.6 Å². The Morgan fingerprint density at radius 3 is 1.38 bits per heavy atom. The van der Waals surface area contributed by atoms with E-state index in [0.29, 0.717) is 17.5 Å². The van der Waals surface area contributed by atoms with Crippen molar-refractivity contribution in [3.63, 3.8) is 0 Å². The lowest BCUT2D eigenvalue weighted by Gasteiger charge is -2.26. The highest BCUT2D eigenvalue weighted by Crippen LogP contribution is 2.16. The van der Waals surface area contributed by atoms with Crippen LogP contribution in [0.15, 0.2) is 71.9 Å². The predicted molar refractivity (Wildman–Crippen MR) is 166 cm³/mol. The van der Waals surface area contributed by atoms with Gasteiger partial charge in [-0.05, 0) is 41.8 Å². The molecule has 14 heteroatoms. The first-order valence-corrected chi connectivity index (χ1v) is 15.5. The fourth-order valence-electron chi connectivity index (χ4n) is 4.17. The average Bonchev–Trinajstić information content (AvgIpc) is 3.80. The Labute approximate surface area is 268 Å². The number of aromatic nitrogens is 2. The number of hydrogen-bond donors (Lipinski definition) is 0. The number of carbonyl (C=O) groups excluding carboxylic acids is 4. The molecular formula is C31H32N4O8S2. The second-order valence-electron chi connectivity index (χ2n) is 9.62.